The number of ketones is 1. The number of Topliss-reactive ketones (excluding diaryl/α,β-unsaturated/α-hetero) is 1. The third kappa shape index (κ3) is 5.77. The summed E-state index contributed by atoms with van der Waals surface area (Å²) >= 11 is 1.65. The second-order valence-electron chi connectivity index (χ2n) is 7.68. The van der Waals surface area contributed by atoms with Crippen molar-refractivity contribution in [1.82, 2.24) is 4.90 Å². The van der Waals surface area contributed by atoms with Crippen molar-refractivity contribution < 1.29 is 19.1 Å². The molecule has 0 radical (unpaired) electrons. The highest BCUT2D eigenvalue weighted by molar-refractivity contribution is 8.02. The first-order valence-corrected chi connectivity index (χ1v) is 11.8. The van der Waals surface area contributed by atoms with E-state index < -0.39 is 0 Å². The van der Waals surface area contributed by atoms with Gasteiger partial charge in [0.1, 0.15) is 18.5 Å². The molecule has 1 atom stereocenters. The molecule has 2 aliphatic rings. The van der Waals surface area contributed by atoms with E-state index in [9.17, 15) is 9.59 Å². The molecule has 0 N–H and O–H groups in total. The van der Waals surface area contributed by atoms with Gasteiger partial charge >= 0.3 is 0 Å². The van der Waals surface area contributed by atoms with Gasteiger partial charge in [-0.2, -0.15) is 0 Å². The van der Waals surface area contributed by atoms with Gasteiger partial charge in [-0.25, -0.2) is 0 Å². The zero-order chi connectivity index (χ0) is 21.5. The molecule has 1 saturated heterocycles. The molecule has 4 rings (SSSR count). The highest BCUT2D eigenvalue weighted by Gasteiger charge is 2.26. The monoisotopic (exact) mass is 437 g/mol. The van der Waals surface area contributed by atoms with Crippen molar-refractivity contribution in [3.05, 3.63) is 70.6 Å². The van der Waals surface area contributed by atoms with Gasteiger partial charge in [0.15, 0.2) is 5.78 Å². The molecule has 2 aromatic rings. The van der Waals surface area contributed by atoms with E-state index in [1.807, 2.05) is 46.7 Å². The van der Waals surface area contributed by atoms with Gasteiger partial charge in [0, 0.05) is 36.3 Å². The van der Waals surface area contributed by atoms with Crippen molar-refractivity contribution in [2.45, 2.75) is 25.4 Å². The summed E-state index contributed by atoms with van der Waals surface area (Å²) in [5.74, 6) is 1.85. The fraction of sp³-hybridized carbons (Fsp3) is 0.360. The Morgan fingerprint density at radius 1 is 1.16 bits per heavy atom. The quantitative estimate of drug-likeness (QED) is 0.579. The van der Waals surface area contributed by atoms with Crippen LogP contribution in [-0.2, 0) is 16.0 Å². The highest BCUT2D eigenvalue weighted by atomic mass is 32.2. The zero-order valence-electron chi connectivity index (χ0n) is 17.5. The molecule has 6 heteroatoms. The number of thioether (sulfide) groups is 1. The molecule has 5 nitrogen and oxygen atoms in total. The number of hydrogen-bond donors (Lipinski definition) is 0. The first-order chi connectivity index (χ1) is 15.2. The Morgan fingerprint density at radius 3 is 2.90 bits per heavy atom. The van der Waals surface area contributed by atoms with Gasteiger partial charge in [0.25, 0.3) is 0 Å². The lowest BCUT2D eigenvalue weighted by Gasteiger charge is -2.33. The molecule has 1 fully saturated rings. The molecule has 0 aromatic heterocycles. The molecule has 162 valence electrons. The van der Waals surface area contributed by atoms with Crippen LogP contribution in [0.5, 0.6) is 5.75 Å². The van der Waals surface area contributed by atoms with Gasteiger partial charge < -0.3 is 14.4 Å². The van der Waals surface area contributed by atoms with Gasteiger partial charge in [0.2, 0.25) is 5.91 Å². The number of amides is 1. The molecule has 31 heavy (non-hydrogen) atoms. The lowest BCUT2D eigenvalue weighted by molar-refractivity contribution is -0.139. The summed E-state index contributed by atoms with van der Waals surface area (Å²) in [5.41, 5.74) is 2.93. The van der Waals surface area contributed by atoms with E-state index in [1.165, 1.54) is 0 Å². The smallest absolute Gasteiger partial charge is 0.223 e. The standard InChI is InChI=1S/C25H27NO4S/c27-23-10-9-22-21(23)7-4-8-24(22)30-18-20-17-26(13-14-29-20)25(28)12-16-31-15-11-19-5-2-1-3-6-19/h1-8,11,15,20H,9-10,12-14,16-18H2/b15-11-. The lowest BCUT2D eigenvalue weighted by Crippen LogP contribution is -2.47. The number of ether oxygens (including phenoxy) is 2. The summed E-state index contributed by atoms with van der Waals surface area (Å²) in [4.78, 5) is 26.4. The van der Waals surface area contributed by atoms with Crippen molar-refractivity contribution in [2.75, 3.05) is 32.1 Å². The SMILES string of the molecule is O=C1CCc2c(OCC3CN(C(=O)CCS/C=C\c4ccccc4)CCO3)cccc21. The van der Waals surface area contributed by atoms with E-state index in [0.29, 0.717) is 39.1 Å². The number of nitrogens with zero attached hydrogens (tertiary/aromatic N) is 1. The molecule has 2 aromatic carbocycles. The summed E-state index contributed by atoms with van der Waals surface area (Å²) < 4.78 is 11.8. The Balaban J connectivity index is 1.21. The maximum Gasteiger partial charge on any atom is 0.223 e. The van der Waals surface area contributed by atoms with Gasteiger partial charge in [0.05, 0.1) is 13.2 Å². The lowest BCUT2D eigenvalue weighted by atomic mass is 10.1. The molecule has 1 amide bonds. The van der Waals surface area contributed by atoms with Crippen LogP contribution in [0.3, 0.4) is 0 Å². The number of benzene rings is 2. The average molecular weight is 438 g/mol. The molecule has 0 saturated carbocycles. The predicted molar refractivity (Wildman–Crippen MR) is 123 cm³/mol. The number of rotatable bonds is 8. The third-order valence-corrected chi connectivity index (χ3v) is 6.31. The fourth-order valence-corrected chi connectivity index (χ4v) is 4.57. The highest BCUT2D eigenvalue weighted by Crippen LogP contribution is 2.30. The average Bonchev–Trinajstić information content (AvgIpc) is 3.19. The van der Waals surface area contributed by atoms with Crippen LogP contribution in [0.15, 0.2) is 53.9 Å². The Kier molecular flexibility index (Phi) is 7.43. The van der Waals surface area contributed by atoms with Crippen LogP contribution in [0.25, 0.3) is 6.08 Å². The second kappa shape index (κ2) is 10.6. The normalized spacial score (nSPS) is 18.4. The zero-order valence-corrected chi connectivity index (χ0v) is 18.3. The topological polar surface area (TPSA) is 55.8 Å². The molecule has 0 spiro atoms. The van der Waals surface area contributed by atoms with Crippen LogP contribution < -0.4 is 4.74 Å². The molecular formula is C25H27NO4S. The van der Waals surface area contributed by atoms with Crippen molar-refractivity contribution in [2.24, 2.45) is 0 Å². The maximum atomic E-state index is 12.6. The Morgan fingerprint density at radius 2 is 2.03 bits per heavy atom. The van der Waals surface area contributed by atoms with Crippen LogP contribution in [0.1, 0.15) is 34.3 Å². The number of fused-ring (bicyclic) bond motifs is 1. The molecule has 1 aliphatic heterocycles. The van der Waals surface area contributed by atoms with Crippen molar-refractivity contribution in [1.29, 1.82) is 0 Å². The van der Waals surface area contributed by atoms with Crippen LogP contribution >= 0.6 is 11.8 Å². The van der Waals surface area contributed by atoms with Gasteiger partial charge in [-0.05, 0) is 29.5 Å². The van der Waals surface area contributed by atoms with E-state index in [-0.39, 0.29) is 17.8 Å². The molecule has 0 bridgehead atoms. The third-order valence-electron chi connectivity index (χ3n) is 5.54. The minimum atomic E-state index is -0.156. The predicted octanol–water partition coefficient (Wildman–Crippen LogP) is 4.22. The van der Waals surface area contributed by atoms with E-state index in [2.05, 4.69) is 18.2 Å². The molecule has 1 heterocycles. The summed E-state index contributed by atoms with van der Waals surface area (Å²) in [7, 11) is 0. The summed E-state index contributed by atoms with van der Waals surface area (Å²) in [6, 6.07) is 15.8. The Bertz CT molecular complexity index is 944. The number of carbonyl (C=O) groups excluding carboxylic acids is 2. The van der Waals surface area contributed by atoms with E-state index >= 15 is 0 Å². The first-order valence-electron chi connectivity index (χ1n) is 10.7. The van der Waals surface area contributed by atoms with Crippen LogP contribution in [0.2, 0.25) is 0 Å². The largest absolute Gasteiger partial charge is 0.491 e. The van der Waals surface area contributed by atoms with Crippen LogP contribution in [0.4, 0.5) is 0 Å². The Hall–Kier alpha value is -2.57. The maximum absolute atomic E-state index is 12.6. The van der Waals surface area contributed by atoms with Crippen LogP contribution in [0, 0.1) is 0 Å². The van der Waals surface area contributed by atoms with E-state index in [4.69, 9.17) is 9.47 Å². The fourth-order valence-electron chi connectivity index (χ4n) is 3.89. The second-order valence-corrected chi connectivity index (χ2v) is 8.70. The molecular weight excluding hydrogens is 410 g/mol. The summed E-state index contributed by atoms with van der Waals surface area (Å²) in [5, 5.41) is 2.04. The first kappa shape index (κ1) is 21.7. The van der Waals surface area contributed by atoms with E-state index in [0.717, 1.165) is 34.6 Å². The minimum absolute atomic E-state index is 0.153. The van der Waals surface area contributed by atoms with E-state index in [1.54, 1.807) is 11.8 Å². The number of carbonyl (C=O) groups is 2. The Labute approximate surface area is 187 Å². The van der Waals surface area contributed by atoms with Gasteiger partial charge in [-0.15, -0.1) is 11.8 Å². The molecule has 1 unspecified atom stereocenters. The van der Waals surface area contributed by atoms with Gasteiger partial charge in [-0.3, -0.25) is 9.59 Å². The van der Waals surface area contributed by atoms with Crippen molar-refractivity contribution >= 4 is 29.5 Å². The number of hydrogen-bond acceptors (Lipinski definition) is 5. The van der Waals surface area contributed by atoms with Crippen LogP contribution in [-0.4, -0.2) is 54.8 Å². The van der Waals surface area contributed by atoms with Gasteiger partial charge in [-0.1, -0.05) is 42.5 Å². The summed E-state index contributed by atoms with van der Waals surface area (Å²) in [6.07, 6.45) is 3.70. The van der Waals surface area contributed by atoms with Crippen molar-refractivity contribution in [3.8, 4) is 5.75 Å². The summed E-state index contributed by atoms with van der Waals surface area (Å²) in [6.45, 7) is 2.06. The number of morpholine rings is 1. The minimum Gasteiger partial charge on any atom is -0.491 e. The molecule has 1 aliphatic carbocycles. The van der Waals surface area contributed by atoms with Crippen molar-refractivity contribution in [3.63, 3.8) is 0 Å².